The number of carboxylic acids is 1. The van der Waals surface area contributed by atoms with Crippen molar-refractivity contribution in [1.82, 2.24) is 0 Å². The number of benzene rings is 3. The Balaban J connectivity index is 1.39. The first-order valence-corrected chi connectivity index (χ1v) is 10.8. The Morgan fingerprint density at radius 1 is 0.788 bits per heavy atom. The molecular formula is C27H28O6. The van der Waals surface area contributed by atoms with Crippen molar-refractivity contribution in [1.29, 1.82) is 0 Å². The molecule has 0 unspecified atom stereocenters. The normalized spacial score (nSPS) is 11.6. The van der Waals surface area contributed by atoms with Crippen LogP contribution in [0.4, 0.5) is 0 Å². The van der Waals surface area contributed by atoms with E-state index in [4.69, 9.17) is 19.3 Å². The van der Waals surface area contributed by atoms with Gasteiger partial charge in [-0.2, -0.15) is 0 Å². The first-order chi connectivity index (χ1) is 16.0. The van der Waals surface area contributed by atoms with Gasteiger partial charge < -0.3 is 19.3 Å². The van der Waals surface area contributed by atoms with Gasteiger partial charge in [0.2, 0.25) is 0 Å². The summed E-state index contributed by atoms with van der Waals surface area (Å²) in [6.45, 7) is 2.59. The highest BCUT2D eigenvalue weighted by Crippen LogP contribution is 2.23. The minimum atomic E-state index is -0.934. The Bertz CT molecular complexity index is 1040. The van der Waals surface area contributed by atoms with Crippen LogP contribution in [0.3, 0.4) is 0 Å². The van der Waals surface area contributed by atoms with Crippen LogP contribution in [-0.2, 0) is 16.0 Å². The molecule has 0 aliphatic heterocycles. The van der Waals surface area contributed by atoms with Crippen LogP contribution in [0.1, 0.15) is 29.3 Å². The topological polar surface area (TPSA) is 82.1 Å². The molecule has 0 aliphatic carbocycles. The van der Waals surface area contributed by atoms with Crippen molar-refractivity contribution >= 4 is 11.8 Å². The largest absolute Gasteiger partial charge is 0.493 e. The van der Waals surface area contributed by atoms with E-state index in [0.717, 1.165) is 34.6 Å². The highest BCUT2D eigenvalue weighted by Gasteiger charge is 2.13. The molecule has 0 bridgehead atoms. The first kappa shape index (κ1) is 24.0. The van der Waals surface area contributed by atoms with Gasteiger partial charge in [-0.15, -0.1) is 0 Å². The van der Waals surface area contributed by atoms with E-state index in [0.29, 0.717) is 19.6 Å². The molecule has 0 aliphatic rings. The van der Waals surface area contributed by atoms with Crippen molar-refractivity contribution in [2.24, 2.45) is 0 Å². The number of carboxylic acid groups (broad SMARTS) is 1. The van der Waals surface area contributed by atoms with Crippen molar-refractivity contribution in [3.8, 4) is 22.6 Å². The second kappa shape index (κ2) is 11.8. The minimum absolute atomic E-state index is 0.0156. The molecule has 3 aromatic carbocycles. The third-order valence-corrected chi connectivity index (χ3v) is 5.23. The second-order valence-corrected chi connectivity index (χ2v) is 7.64. The first-order valence-electron chi connectivity index (χ1n) is 10.8. The fourth-order valence-electron chi connectivity index (χ4n) is 3.32. The lowest BCUT2D eigenvalue weighted by atomic mass is 10.0. The van der Waals surface area contributed by atoms with Crippen molar-refractivity contribution < 1.29 is 28.9 Å². The Morgan fingerprint density at radius 3 is 1.73 bits per heavy atom. The van der Waals surface area contributed by atoms with Gasteiger partial charge in [0.05, 0.1) is 18.8 Å². The van der Waals surface area contributed by atoms with Crippen molar-refractivity contribution in [3.63, 3.8) is 0 Å². The van der Waals surface area contributed by atoms with Gasteiger partial charge in [0.15, 0.2) is 5.78 Å². The van der Waals surface area contributed by atoms with Crippen LogP contribution in [0, 0.1) is 0 Å². The zero-order valence-corrected chi connectivity index (χ0v) is 18.8. The molecule has 0 spiro atoms. The zero-order valence-electron chi connectivity index (χ0n) is 18.8. The minimum Gasteiger partial charge on any atom is -0.493 e. The summed E-state index contributed by atoms with van der Waals surface area (Å²) in [5, 5.41) is 8.99. The average molecular weight is 449 g/mol. The molecule has 3 aromatic rings. The maximum atomic E-state index is 11.5. The van der Waals surface area contributed by atoms with Crippen molar-refractivity contribution in [2.75, 3.05) is 20.3 Å². The van der Waals surface area contributed by atoms with E-state index in [1.807, 2.05) is 48.5 Å². The number of Topliss-reactive ketones (excluding diaryl/α,β-unsaturated/α-hetero) is 1. The summed E-state index contributed by atoms with van der Waals surface area (Å²) in [6.07, 6.45) is 0.864. The lowest BCUT2D eigenvalue weighted by molar-refractivity contribution is -0.126. The van der Waals surface area contributed by atoms with Gasteiger partial charge in [0, 0.05) is 20.0 Å². The molecule has 3 rings (SSSR count). The molecule has 0 fully saturated rings. The Hall–Kier alpha value is -3.64. The highest BCUT2D eigenvalue weighted by molar-refractivity contribution is 5.88. The highest BCUT2D eigenvalue weighted by atomic mass is 16.5. The Morgan fingerprint density at radius 2 is 1.27 bits per heavy atom. The number of methoxy groups -OCH3 is 1. The molecule has 0 saturated carbocycles. The van der Waals surface area contributed by atoms with Crippen LogP contribution in [-0.4, -0.2) is 43.3 Å². The molecule has 33 heavy (non-hydrogen) atoms. The summed E-state index contributed by atoms with van der Waals surface area (Å²) in [6, 6.07) is 22.1. The molecule has 6 nitrogen and oxygen atoms in total. The van der Waals surface area contributed by atoms with Gasteiger partial charge in [-0.1, -0.05) is 36.4 Å². The number of hydrogen-bond donors (Lipinski definition) is 1. The number of ether oxygens (including phenoxy) is 3. The number of carbonyl (C=O) groups excluding carboxylic acids is 1. The predicted molar refractivity (Wildman–Crippen MR) is 126 cm³/mol. The summed E-state index contributed by atoms with van der Waals surface area (Å²) in [4.78, 5) is 22.4. The monoisotopic (exact) mass is 448 g/mol. The van der Waals surface area contributed by atoms with Crippen molar-refractivity contribution in [2.45, 2.75) is 25.9 Å². The lowest BCUT2D eigenvalue weighted by Crippen LogP contribution is -2.22. The molecule has 172 valence electrons. The van der Waals surface area contributed by atoms with E-state index >= 15 is 0 Å². The number of hydrogen-bond acceptors (Lipinski definition) is 5. The standard InChI is InChI=1S/C27H28O6/c1-19(28)26(31-2)18-20-4-12-24(13-5-20)32-16-3-17-33-25-14-10-22(11-15-25)21-6-8-23(9-7-21)27(29)30/h4-15,26H,3,16-18H2,1-2H3,(H,29,30)/t26-/m0/s1. The zero-order chi connectivity index (χ0) is 23.6. The van der Waals surface area contributed by atoms with Crippen LogP contribution in [0.15, 0.2) is 72.8 Å². The van der Waals surface area contributed by atoms with Crippen LogP contribution in [0.2, 0.25) is 0 Å². The molecule has 0 amide bonds. The predicted octanol–water partition coefficient (Wildman–Crippen LogP) is 5.05. The van der Waals surface area contributed by atoms with Crippen LogP contribution >= 0.6 is 0 Å². The molecule has 6 heteroatoms. The molecule has 0 saturated heterocycles. The molecule has 0 aromatic heterocycles. The molecular weight excluding hydrogens is 420 g/mol. The number of aromatic carboxylic acids is 1. The molecule has 0 radical (unpaired) electrons. The fourth-order valence-corrected chi connectivity index (χ4v) is 3.32. The SMILES string of the molecule is CO[C@@H](Cc1ccc(OCCCOc2ccc(-c3ccc(C(=O)O)cc3)cc2)cc1)C(C)=O. The van der Waals surface area contributed by atoms with Gasteiger partial charge in [0.1, 0.15) is 17.6 Å². The van der Waals surface area contributed by atoms with Gasteiger partial charge >= 0.3 is 5.97 Å². The fraction of sp³-hybridized carbons (Fsp3) is 0.259. The summed E-state index contributed by atoms with van der Waals surface area (Å²) in [5.41, 5.74) is 3.23. The third kappa shape index (κ3) is 7.19. The van der Waals surface area contributed by atoms with Crippen LogP contribution < -0.4 is 9.47 Å². The smallest absolute Gasteiger partial charge is 0.335 e. The molecule has 0 heterocycles. The number of ketones is 1. The number of rotatable bonds is 12. The van der Waals surface area contributed by atoms with E-state index in [-0.39, 0.29) is 11.3 Å². The lowest BCUT2D eigenvalue weighted by Gasteiger charge is -2.12. The Labute approximate surface area is 193 Å². The third-order valence-electron chi connectivity index (χ3n) is 5.23. The van der Waals surface area contributed by atoms with E-state index in [1.165, 1.54) is 6.92 Å². The quantitative estimate of drug-likeness (QED) is 0.391. The maximum Gasteiger partial charge on any atom is 0.335 e. The second-order valence-electron chi connectivity index (χ2n) is 7.64. The summed E-state index contributed by atoms with van der Waals surface area (Å²) in [5.74, 6) is 0.621. The average Bonchev–Trinajstić information content (AvgIpc) is 2.83. The van der Waals surface area contributed by atoms with Gasteiger partial charge in [0.25, 0.3) is 0 Å². The van der Waals surface area contributed by atoms with E-state index in [1.54, 1.807) is 31.4 Å². The van der Waals surface area contributed by atoms with Crippen LogP contribution in [0.25, 0.3) is 11.1 Å². The summed E-state index contributed by atoms with van der Waals surface area (Å²) in [7, 11) is 1.54. The summed E-state index contributed by atoms with van der Waals surface area (Å²) < 4.78 is 16.7. The van der Waals surface area contributed by atoms with Crippen molar-refractivity contribution in [3.05, 3.63) is 83.9 Å². The van der Waals surface area contributed by atoms with Gasteiger partial charge in [-0.05, 0) is 60.0 Å². The molecule has 1 atom stereocenters. The van der Waals surface area contributed by atoms with E-state index in [9.17, 15) is 9.59 Å². The van der Waals surface area contributed by atoms with E-state index in [2.05, 4.69) is 0 Å². The van der Waals surface area contributed by atoms with Gasteiger partial charge in [-0.25, -0.2) is 4.79 Å². The van der Waals surface area contributed by atoms with Crippen LogP contribution in [0.5, 0.6) is 11.5 Å². The number of carbonyl (C=O) groups is 2. The van der Waals surface area contributed by atoms with Gasteiger partial charge in [-0.3, -0.25) is 4.79 Å². The summed E-state index contributed by atoms with van der Waals surface area (Å²) >= 11 is 0. The molecule has 1 N–H and O–H groups in total. The Kier molecular flexibility index (Phi) is 8.61. The van der Waals surface area contributed by atoms with E-state index < -0.39 is 12.1 Å². The maximum absolute atomic E-state index is 11.5.